The van der Waals surface area contributed by atoms with Crippen LogP contribution in [0.15, 0.2) is 18.2 Å². The molecule has 0 bridgehead atoms. The summed E-state index contributed by atoms with van der Waals surface area (Å²) in [5.41, 5.74) is 0.832. The van der Waals surface area contributed by atoms with Crippen LogP contribution in [0.3, 0.4) is 0 Å². The lowest BCUT2D eigenvalue weighted by atomic mass is 10.2. The first kappa shape index (κ1) is 19.2. The highest BCUT2D eigenvalue weighted by Gasteiger charge is 2.22. The van der Waals surface area contributed by atoms with E-state index in [1.807, 2.05) is 13.8 Å². The maximum atomic E-state index is 12.4. The molecule has 8 heteroatoms. The molecule has 0 saturated heterocycles. The number of nitrogens with zero attached hydrogens (tertiary/aromatic N) is 2. The molecular formula is C14H20Cl2N2O3S. The van der Waals surface area contributed by atoms with Crippen molar-refractivity contribution in [3.63, 3.8) is 0 Å². The average Bonchev–Trinajstić information content (AvgIpc) is 2.38. The van der Waals surface area contributed by atoms with Crippen molar-refractivity contribution in [1.82, 2.24) is 9.21 Å². The Bertz CT molecular complexity index is 647. The van der Waals surface area contributed by atoms with Crippen molar-refractivity contribution in [1.29, 1.82) is 0 Å². The van der Waals surface area contributed by atoms with Gasteiger partial charge >= 0.3 is 0 Å². The highest BCUT2D eigenvalue weighted by atomic mass is 35.5. The van der Waals surface area contributed by atoms with Gasteiger partial charge in [0.15, 0.2) is 0 Å². The molecule has 1 amide bonds. The second-order valence-electron chi connectivity index (χ2n) is 5.38. The quantitative estimate of drug-likeness (QED) is 0.777. The van der Waals surface area contributed by atoms with Crippen LogP contribution in [0, 0.1) is 0 Å². The molecule has 0 unspecified atom stereocenters. The van der Waals surface area contributed by atoms with Crippen LogP contribution in [-0.4, -0.2) is 49.4 Å². The number of hydrogen-bond donors (Lipinski definition) is 0. The Morgan fingerprint density at radius 3 is 2.27 bits per heavy atom. The molecule has 0 N–H and O–H groups in total. The fraction of sp³-hybridized carbons (Fsp3) is 0.500. The molecule has 0 heterocycles. The SMILES string of the molecule is CC(C)N(Cc1ccc(Cl)c(Cl)c1)C(=O)CN(C)S(C)(=O)=O. The average molecular weight is 367 g/mol. The van der Waals surface area contributed by atoms with Crippen molar-refractivity contribution >= 4 is 39.1 Å². The summed E-state index contributed by atoms with van der Waals surface area (Å²) >= 11 is 11.9. The van der Waals surface area contributed by atoms with Crippen LogP contribution in [0.4, 0.5) is 0 Å². The fourth-order valence-electron chi connectivity index (χ4n) is 1.79. The summed E-state index contributed by atoms with van der Waals surface area (Å²) < 4.78 is 23.9. The van der Waals surface area contributed by atoms with Crippen LogP contribution < -0.4 is 0 Å². The number of halogens is 2. The van der Waals surface area contributed by atoms with Crippen LogP contribution >= 0.6 is 23.2 Å². The molecule has 0 aliphatic heterocycles. The minimum absolute atomic E-state index is 0.0742. The number of carbonyl (C=O) groups is 1. The third-order valence-electron chi connectivity index (χ3n) is 3.20. The highest BCUT2D eigenvalue weighted by molar-refractivity contribution is 7.88. The van der Waals surface area contributed by atoms with Gasteiger partial charge in [-0.15, -0.1) is 0 Å². The monoisotopic (exact) mass is 366 g/mol. The smallest absolute Gasteiger partial charge is 0.238 e. The van der Waals surface area contributed by atoms with Crippen molar-refractivity contribution in [3.8, 4) is 0 Å². The number of hydrogen-bond acceptors (Lipinski definition) is 3. The number of sulfonamides is 1. The Hall–Kier alpha value is -0.820. The third kappa shape index (κ3) is 5.43. The Kier molecular flexibility index (Phi) is 6.67. The van der Waals surface area contributed by atoms with E-state index in [-0.39, 0.29) is 18.5 Å². The van der Waals surface area contributed by atoms with Gasteiger partial charge in [0.05, 0.1) is 22.8 Å². The zero-order valence-corrected chi connectivity index (χ0v) is 15.3. The number of benzene rings is 1. The number of likely N-dealkylation sites (N-methyl/N-ethyl adjacent to an activating group) is 1. The molecule has 124 valence electrons. The molecule has 1 aromatic rings. The summed E-state index contributed by atoms with van der Waals surface area (Å²) in [5.74, 6) is -0.269. The van der Waals surface area contributed by atoms with Gasteiger partial charge in [0, 0.05) is 19.6 Å². The topological polar surface area (TPSA) is 57.7 Å². The van der Waals surface area contributed by atoms with Gasteiger partial charge in [-0.2, -0.15) is 4.31 Å². The summed E-state index contributed by atoms with van der Waals surface area (Å²) in [5, 5.41) is 0.869. The number of carbonyl (C=O) groups excluding carboxylic acids is 1. The summed E-state index contributed by atoms with van der Waals surface area (Å²) in [7, 11) is -2.02. The first-order valence-corrected chi connectivity index (χ1v) is 9.27. The molecule has 0 saturated carbocycles. The predicted molar refractivity (Wildman–Crippen MR) is 89.6 cm³/mol. The van der Waals surface area contributed by atoms with Crippen molar-refractivity contribution in [2.75, 3.05) is 19.8 Å². The normalized spacial score (nSPS) is 12.0. The molecule has 1 aromatic carbocycles. The first-order chi connectivity index (χ1) is 10.0. The molecular weight excluding hydrogens is 347 g/mol. The van der Waals surface area contributed by atoms with E-state index in [2.05, 4.69) is 0 Å². The lowest BCUT2D eigenvalue weighted by Crippen LogP contribution is -2.43. The molecule has 0 aromatic heterocycles. The van der Waals surface area contributed by atoms with Gasteiger partial charge in [0.25, 0.3) is 0 Å². The van der Waals surface area contributed by atoms with Crippen molar-refractivity contribution < 1.29 is 13.2 Å². The van der Waals surface area contributed by atoms with E-state index in [1.165, 1.54) is 7.05 Å². The molecule has 22 heavy (non-hydrogen) atoms. The summed E-state index contributed by atoms with van der Waals surface area (Å²) in [4.78, 5) is 14.0. The van der Waals surface area contributed by atoms with E-state index >= 15 is 0 Å². The first-order valence-electron chi connectivity index (χ1n) is 6.67. The maximum absolute atomic E-state index is 12.4. The van der Waals surface area contributed by atoms with Crippen LogP contribution in [0.2, 0.25) is 10.0 Å². The van der Waals surface area contributed by atoms with Gasteiger partial charge in [-0.25, -0.2) is 8.42 Å². The summed E-state index contributed by atoms with van der Waals surface area (Å²) in [6.07, 6.45) is 1.07. The molecule has 0 radical (unpaired) electrons. The molecule has 0 aliphatic carbocycles. The summed E-state index contributed by atoms with van der Waals surface area (Å²) in [6, 6.07) is 5.09. The van der Waals surface area contributed by atoms with Crippen molar-refractivity contribution in [2.24, 2.45) is 0 Å². The van der Waals surface area contributed by atoms with E-state index < -0.39 is 10.0 Å². The molecule has 0 spiro atoms. The largest absolute Gasteiger partial charge is 0.335 e. The fourth-order valence-corrected chi connectivity index (χ4v) is 2.46. The Balaban J connectivity index is 2.89. The van der Waals surface area contributed by atoms with E-state index in [4.69, 9.17) is 23.2 Å². The Morgan fingerprint density at radius 1 is 1.23 bits per heavy atom. The zero-order chi connectivity index (χ0) is 17.1. The zero-order valence-electron chi connectivity index (χ0n) is 13.0. The van der Waals surface area contributed by atoms with Crippen molar-refractivity contribution in [2.45, 2.75) is 26.4 Å². The second-order valence-corrected chi connectivity index (χ2v) is 8.29. The maximum Gasteiger partial charge on any atom is 0.238 e. The molecule has 1 rings (SSSR count). The lowest BCUT2D eigenvalue weighted by Gasteiger charge is -2.28. The highest BCUT2D eigenvalue weighted by Crippen LogP contribution is 2.23. The predicted octanol–water partition coefficient (Wildman–Crippen LogP) is 2.62. The van der Waals surface area contributed by atoms with Crippen LogP contribution in [0.5, 0.6) is 0 Å². The van der Waals surface area contributed by atoms with Gasteiger partial charge in [0.1, 0.15) is 0 Å². The van der Waals surface area contributed by atoms with Crippen LogP contribution in [-0.2, 0) is 21.4 Å². The standard InChI is InChI=1S/C14H20Cl2N2O3S/c1-10(2)18(14(19)9-17(3)22(4,20)21)8-11-5-6-12(15)13(16)7-11/h5-7,10H,8-9H2,1-4H3. The van der Waals surface area contributed by atoms with Crippen LogP contribution in [0.1, 0.15) is 19.4 Å². The minimum Gasteiger partial charge on any atom is -0.335 e. The van der Waals surface area contributed by atoms with E-state index in [0.29, 0.717) is 16.6 Å². The van der Waals surface area contributed by atoms with Gasteiger partial charge in [-0.05, 0) is 31.5 Å². The van der Waals surface area contributed by atoms with Gasteiger partial charge in [-0.3, -0.25) is 4.79 Å². The molecule has 5 nitrogen and oxygen atoms in total. The van der Waals surface area contributed by atoms with E-state index in [0.717, 1.165) is 16.1 Å². The Labute approximate surface area is 141 Å². The summed E-state index contributed by atoms with van der Waals surface area (Å²) in [6.45, 7) is 3.88. The molecule has 0 atom stereocenters. The van der Waals surface area contributed by atoms with E-state index in [9.17, 15) is 13.2 Å². The minimum atomic E-state index is -3.40. The van der Waals surface area contributed by atoms with Crippen molar-refractivity contribution in [3.05, 3.63) is 33.8 Å². The second kappa shape index (κ2) is 7.64. The van der Waals surface area contributed by atoms with E-state index in [1.54, 1.807) is 23.1 Å². The number of rotatable bonds is 6. The molecule has 0 aliphatic rings. The number of amides is 1. The Morgan fingerprint density at radius 2 is 1.82 bits per heavy atom. The molecule has 0 fully saturated rings. The van der Waals surface area contributed by atoms with Crippen LogP contribution in [0.25, 0.3) is 0 Å². The van der Waals surface area contributed by atoms with Gasteiger partial charge < -0.3 is 4.90 Å². The van der Waals surface area contributed by atoms with Gasteiger partial charge in [0.2, 0.25) is 15.9 Å². The third-order valence-corrected chi connectivity index (χ3v) is 5.21. The van der Waals surface area contributed by atoms with Gasteiger partial charge in [-0.1, -0.05) is 29.3 Å². The lowest BCUT2D eigenvalue weighted by molar-refractivity contribution is -0.133.